The fourth-order valence-electron chi connectivity index (χ4n) is 1.72. The van der Waals surface area contributed by atoms with Crippen molar-refractivity contribution in [2.45, 2.75) is 33.1 Å². The normalized spacial score (nSPS) is 19.9. The molecule has 1 aliphatic rings. The lowest BCUT2D eigenvalue weighted by Gasteiger charge is -2.20. The molecule has 0 aromatic rings. The molecule has 1 fully saturated rings. The maximum absolute atomic E-state index is 2.57. The van der Waals surface area contributed by atoms with Gasteiger partial charge < -0.3 is 4.90 Å². The molecule has 11 heavy (non-hydrogen) atoms. The van der Waals surface area contributed by atoms with Crippen LogP contribution < -0.4 is 0 Å². The molecule has 1 saturated heterocycles. The molecular weight excluding hydrogens is 134 g/mol. The first kappa shape index (κ1) is 9.05. The molecule has 0 saturated carbocycles. The summed E-state index contributed by atoms with van der Waals surface area (Å²) in [5, 5.41) is 0. The Kier molecular flexibility index (Phi) is 3.92. The van der Waals surface area contributed by atoms with Gasteiger partial charge in [-0.05, 0) is 25.3 Å². The average Bonchev–Trinajstić information content (AvgIpc) is 2.52. The molecule has 1 rings (SSSR count). The van der Waals surface area contributed by atoms with Gasteiger partial charge in [0.1, 0.15) is 0 Å². The molecule has 1 aliphatic heterocycles. The quantitative estimate of drug-likeness (QED) is 0.600. The molecule has 1 radical (unpaired) electrons. The first-order valence-corrected chi connectivity index (χ1v) is 4.90. The predicted octanol–water partition coefficient (Wildman–Crippen LogP) is 2.33. The van der Waals surface area contributed by atoms with Crippen LogP contribution in [0.15, 0.2) is 0 Å². The molecule has 0 unspecified atom stereocenters. The van der Waals surface area contributed by atoms with Crippen molar-refractivity contribution in [1.29, 1.82) is 0 Å². The van der Waals surface area contributed by atoms with Crippen LogP contribution in [0.3, 0.4) is 0 Å². The SMILES string of the molecule is CCC(CC)CN1C[CH]CC1. The maximum Gasteiger partial charge on any atom is 0.00134 e. The van der Waals surface area contributed by atoms with Crippen LogP contribution >= 0.6 is 0 Å². The highest BCUT2D eigenvalue weighted by atomic mass is 15.1. The highest BCUT2D eigenvalue weighted by Crippen LogP contribution is 2.13. The van der Waals surface area contributed by atoms with Crippen molar-refractivity contribution in [3.8, 4) is 0 Å². The van der Waals surface area contributed by atoms with E-state index in [4.69, 9.17) is 0 Å². The van der Waals surface area contributed by atoms with Crippen molar-refractivity contribution in [3.63, 3.8) is 0 Å². The zero-order valence-electron chi connectivity index (χ0n) is 7.84. The van der Waals surface area contributed by atoms with Gasteiger partial charge >= 0.3 is 0 Å². The van der Waals surface area contributed by atoms with Crippen LogP contribution in [-0.2, 0) is 0 Å². The number of rotatable bonds is 4. The summed E-state index contributed by atoms with van der Waals surface area (Å²) in [7, 11) is 0. The standard InChI is InChI=1S/C10H20N/c1-3-10(4-2)9-11-7-5-6-8-11/h5,10H,3-4,6-9H2,1-2H3. The first-order valence-electron chi connectivity index (χ1n) is 4.90. The van der Waals surface area contributed by atoms with E-state index in [1.54, 1.807) is 0 Å². The summed E-state index contributed by atoms with van der Waals surface area (Å²) >= 11 is 0. The van der Waals surface area contributed by atoms with E-state index < -0.39 is 0 Å². The summed E-state index contributed by atoms with van der Waals surface area (Å²) in [5.74, 6) is 0.932. The Morgan fingerprint density at radius 3 is 2.55 bits per heavy atom. The summed E-state index contributed by atoms with van der Waals surface area (Å²) < 4.78 is 0. The third-order valence-electron chi connectivity index (χ3n) is 2.71. The van der Waals surface area contributed by atoms with E-state index in [0.717, 1.165) is 5.92 Å². The Hall–Kier alpha value is -0.0400. The largest absolute Gasteiger partial charge is 0.303 e. The van der Waals surface area contributed by atoms with E-state index in [0.29, 0.717) is 0 Å². The fraction of sp³-hybridized carbons (Fsp3) is 0.900. The van der Waals surface area contributed by atoms with Crippen LogP contribution in [0, 0.1) is 12.3 Å². The molecule has 0 amide bonds. The minimum absolute atomic E-state index is 0.932. The molecule has 0 bridgehead atoms. The van der Waals surface area contributed by atoms with Crippen LogP contribution in [-0.4, -0.2) is 24.5 Å². The Morgan fingerprint density at radius 2 is 2.09 bits per heavy atom. The highest BCUT2D eigenvalue weighted by Gasteiger charge is 2.14. The van der Waals surface area contributed by atoms with E-state index in [1.807, 2.05) is 0 Å². The molecule has 0 N–H and O–H groups in total. The van der Waals surface area contributed by atoms with Crippen molar-refractivity contribution >= 4 is 0 Å². The Bertz CT molecular complexity index is 91.0. The van der Waals surface area contributed by atoms with Crippen molar-refractivity contribution in [3.05, 3.63) is 6.42 Å². The Labute approximate surface area is 70.8 Å². The van der Waals surface area contributed by atoms with Gasteiger partial charge in [-0.25, -0.2) is 0 Å². The lowest BCUT2D eigenvalue weighted by atomic mass is 10.0. The van der Waals surface area contributed by atoms with Gasteiger partial charge in [-0.2, -0.15) is 0 Å². The van der Waals surface area contributed by atoms with Crippen molar-refractivity contribution in [2.75, 3.05) is 19.6 Å². The summed E-state index contributed by atoms with van der Waals surface area (Å²) in [6.45, 7) is 8.46. The van der Waals surface area contributed by atoms with E-state index in [9.17, 15) is 0 Å². The van der Waals surface area contributed by atoms with Gasteiger partial charge in [0.25, 0.3) is 0 Å². The maximum atomic E-state index is 2.57. The molecule has 1 heteroatoms. The molecule has 0 aliphatic carbocycles. The second kappa shape index (κ2) is 4.76. The Balaban J connectivity index is 2.16. The molecule has 65 valence electrons. The van der Waals surface area contributed by atoms with Crippen molar-refractivity contribution in [1.82, 2.24) is 4.90 Å². The first-order chi connectivity index (χ1) is 5.36. The van der Waals surface area contributed by atoms with Crippen LogP contribution in [0.4, 0.5) is 0 Å². The molecule has 0 atom stereocenters. The van der Waals surface area contributed by atoms with Crippen LogP contribution in [0.1, 0.15) is 33.1 Å². The number of hydrogen-bond donors (Lipinski definition) is 0. The van der Waals surface area contributed by atoms with Crippen molar-refractivity contribution in [2.24, 2.45) is 5.92 Å². The number of hydrogen-bond acceptors (Lipinski definition) is 1. The lowest BCUT2D eigenvalue weighted by Crippen LogP contribution is -2.26. The Morgan fingerprint density at radius 1 is 1.36 bits per heavy atom. The minimum Gasteiger partial charge on any atom is -0.303 e. The zero-order chi connectivity index (χ0) is 8.10. The zero-order valence-corrected chi connectivity index (χ0v) is 7.84. The fourth-order valence-corrected chi connectivity index (χ4v) is 1.72. The molecule has 0 aromatic carbocycles. The summed E-state index contributed by atoms with van der Waals surface area (Å²) in [4.78, 5) is 2.57. The van der Waals surface area contributed by atoms with E-state index in [-0.39, 0.29) is 0 Å². The van der Waals surface area contributed by atoms with E-state index in [2.05, 4.69) is 25.2 Å². The summed E-state index contributed by atoms with van der Waals surface area (Å²) in [5.41, 5.74) is 0. The van der Waals surface area contributed by atoms with Gasteiger partial charge in [-0.15, -0.1) is 0 Å². The third-order valence-corrected chi connectivity index (χ3v) is 2.71. The van der Waals surface area contributed by atoms with E-state index >= 15 is 0 Å². The van der Waals surface area contributed by atoms with Crippen LogP contribution in [0.25, 0.3) is 0 Å². The van der Waals surface area contributed by atoms with Crippen LogP contribution in [0.2, 0.25) is 0 Å². The van der Waals surface area contributed by atoms with Gasteiger partial charge in [0.15, 0.2) is 0 Å². The average molecular weight is 154 g/mol. The van der Waals surface area contributed by atoms with E-state index in [1.165, 1.54) is 38.9 Å². The third kappa shape index (κ3) is 2.82. The van der Waals surface area contributed by atoms with Gasteiger partial charge in [0.2, 0.25) is 0 Å². The highest BCUT2D eigenvalue weighted by molar-refractivity contribution is 4.81. The van der Waals surface area contributed by atoms with Gasteiger partial charge in [0.05, 0.1) is 0 Å². The molecule has 0 aromatic heterocycles. The smallest absolute Gasteiger partial charge is 0.00134 e. The minimum atomic E-state index is 0.932. The number of nitrogens with zero attached hydrogens (tertiary/aromatic N) is 1. The molecular formula is C10H20N. The van der Waals surface area contributed by atoms with Crippen molar-refractivity contribution < 1.29 is 0 Å². The summed E-state index contributed by atoms with van der Waals surface area (Å²) in [6.07, 6.45) is 6.38. The summed E-state index contributed by atoms with van der Waals surface area (Å²) in [6, 6.07) is 0. The molecule has 0 spiro atoms. The number of likely N-dealkylation sites (tertiary alicyclic amines) is 1. The lowest BCUT2D eigenvalue weighted by molar-refractivity contribution is 0.272. The van der Waals surface area contributed by atoms with Gasteiger partial charge in [0, 0.05) is 13.1 Å². The van der Waals surface area contributed by atoms with Crippen LogP contribution in [0.5, 0.6) is 0 Å². The predicted molar refractivity (Wildman–Crippen MR) is 49.4 cm³/mol. The second-order valence-corrected chi connectivity index (χ2v) is 3.52. The van der Waals surface area contributed by atoms with Gasteiger partial charge in [-0.3, -0.25) is 0 Å². The monoisotopic (exact) mass is 154 g/mol. The topological polar surface area (TPSA) is 3.24 Å². The molecule has 1 heterocycles. The second-order valence-electron chi connectivity index (χ2n) is 3.52. The molecule has 1 nitrogen and oxygen atoms in total. The van der Waals surface area contributed by atoms with Gasteiger partial charge in [-0.1, -0.05) is 26.7 Å².